The highest BCUT2D eigenvalue weighted by Gasteiger charge is 2.39. The van der Waals surface area contributed by atoms with Crippen molar-refractivity contribution >= 4 is 35.6 Å². The summed E-state index contributed by atoms with van der Waals surface area (Å²) in [5.74, 6) is 0.0325. The highest BCUT2D eigenvalue weighted by Crippen LogP contribution is 2.27. The molecular weight excluding hydrogens is 342 g/mol. The first-order valence-electron chi connectivity index (χ1n) is 8.62. The Balaban J connectivity index is 0.00000225. The summed E-state index contributed by atoms with van der Waals surface area (Å²) in [6.07, 6.45) is 3.87. The van der Waals surface area contributed by atoms with Gasteiger partial charge in [0.2, 0.25) is 5.91 Å². The van der Waals surface area contributed by atoms with Crippen LogP contribution in [0.25, 0.3) is 0 Å². The van der Waals surface area contributed by atoms with Crippen LogP contribution in [0.3, 0.4) is 0 Å². The summed E-state index contributed by atoms with van der Waals surface area (Å²) in [5, 5.41) is 6.21. The third-order valence-corrected chi connectivity index (χ3v) is 4.95. The molecule has 138 valence electrons. The van der Waals surface area contributed by atoms with Crippen LogP contribution in [0.2, 0.25) is 0 Å². The molecule has 0 unspecified atom stereocenters. The fourth-order valence-electron chi connectivity index (χ4n) is 3.43. The average Bonchev–Trinajstić information content (AvgIpc) is 2.63. The highest BCUT2D eigenvalue weighted by atomic mass is 35.5. The summed E-state index contributed by atoms with van der Waals surface area (Å²) in [7, 11) is 1.59. The number of hydrogen-bond donors (Lipinski definition) is 2. The quantitative estimate of drug-likeness (QED) is 0.856. The zero-order chi connectivity index (χ0) is 17.0. The second-order valence-electron chi connectivity index (χ2n) is 6.46. The first-order valence-corrected chi connectivity index (χ1v) is 8.62. The lowest BCUT2D eigenvalue weighted by Gasteiger charge is -2.34. The van der Waals surface area contributed by atoms with Crippen molar-refractivity contribution in [3.8, 4) is 0 Å². The predicted molar refractivity (Wildman–Crippen MR) is 100 cm³/mol. The topological polar surface area (TPSA) is 70.7 Å². The van der Waals surface area contributed by atoms with Crippen molar-refractivity contribution in [2.75, 3.05) is 37.0 Å². The van der Waals surface area contributed by atoms with Gasteiger partial charge in [-0.25, -0.2) is 0 Å². The molecule has 0 atom stereocenters. The van der Waals surface area contributed by atoms with E-state index in [2.05, 4.69) is 10.6 Å². The van der Waals surface area contributed by atoms with E-state index in [1.165, 1.54) is 0 Å². The second kappa shape index (κ2) is 8.65. The standard InChI is InChI=1S/C18H25N3O3.ClH/c1-24-18(8-10-19-11-9-18)17(23)20-14-5-4-6-15(13-14)21-12-3-2-7-16(21)22;/h4-6,13,19H,2-3,7-12H2,1H3,(H,20,23);1H. The molecule has 0 aromatic heterocycles. The highest BCUT2D eigenvalue weighted by molar-refractivity contribution is 5.99. The van der Waals surface area contributed by atoms with Crippen molar-refractivity contribution < 1.29 is 14.3 Å². The van der Waals surface area contributed by atoms with Crippen LogP contribution in [0.1, 0.15) is 32.1 Å². The lowest BCUT2D eigenvalue weighted by atomic mass is 9.91. The zero-order valence-corrected chi connectivity index (χ0v) is 15.4. The number of anilines is 2. The average molecular weight is 368 g/mol. The number of nitrogens with one attached hydrogen (secondary N) is 2. The van der Waals surface area contributed by atoms with Crippen LogP contribution < -0.4 is 15.5 Å². The fraction of sp³-hybridized carbons (Fsp3) is 0.556. The molecule has 25 heavy (non-hydrogen) atoms. The molecule has 7 heteroatoms. The molecule has 6 nitrogen and oxygen atoms in total. The molecule has 0 bridgehead atoms. The number of methoxy groups -OCH3 is 1. The number of rotatable bonds is 4. The van der Waals surface area contributed by atoms with Gasteiger partial charge in [-0.2, -0.15) is 0 Å². The minimum Gasteiger partial charge on any atom is -0.368 e. The zero-order valence-electron chi connectivity index (χ0n) is 14.5. The van der Waals surface area contributed by atoms with Gasteiger partial charge in [-0.1, -0.05) is 6.07 Å². The molecule has 2 heterocycles. The van der Waals surface area contributed by atoms with E-state index in [9.17, 15) is 9.59 Å². The SMILES string of the molecule is COC1(C(=O)Nc2cccc(N3CCCCC3=O)c2)CCNCC1.Cl. The van der Waals surface area contributed by atoms with E-state index in [0.29, 0.717) is 24.9 Å². The van der Waals surface area contributed by atoms with Crippen molar-refractivity contribution in [3.05, 3.63) is 24.3 Å². The molecule has 2 aliphatic heterocycles. The van der Waals surface area contributed by atoms with Crippen LogP contribution >= 0.6 is 12.4 Å². The Bertz CT molecular complexity index is 617. The molecule has 2 saturated heterocycles. The summed E-state index contributed by atoms with van der Waals surface area (Å²) in [6, 6.07) is 7.50. The Labute approximate surface area is 154 Å². The Hall–Kier alpha value is -1.63. The molecule has 0 radical (unpaired) electrons. The van der Waals surface area contributed by atoms with Gasteiger partial charge in [0.1, 0.15) is 5.60 Å². The maximum absolute atomic E-state index is 12.7. The van der Waals surface area contributed by atoms with Crippen LogP contribution in [-0.4, -0.2) is 44.2 Å². The monoisotopic (exact) mass is 367 g/mol. The van der Waals surface area contributed by atoms with Gasteiger partial charge in [-0.05, 0) is 57.0 Å². The number of nitrogens with zero attached hydrogens (tertiary/aromatic N) is 1. The number of hydrogen-bond acceptors (Lipinski definition) is 4. The molecule has 2 amide bonds. The maximum Gasteiger partial charge on any atom is 0.256 e. The van der Waals surface area contributed by atoms with Crippen molar-refractivity contribution in [1.82, 2.24) is 5.32 Å². The van der Waals surface area contributed by atoms with Gasteiger partial charge in [-0.3, -0.25) is 9.59 Å². The number of piperidine rings is 2. The molecular formula is C18H26ClN3O3. The number of benzene rings is 1. The van der Waals surface area contributed by atoms with Crippen molar-refractivity contribution in [3.63, 3.8) is 0 Å². The minimum absolute atomic E-state index is 0. The second-order valence-corrected chi connectivity index (χ2v) is 6.46. The van der Waals surface area contributed by atoms with Gasteiger partial charge in [0.25, 0.3) is 5.91 Å². The van der Waals surface area contributed by atoms with Gasteiger partial charge in [0.05, 0.1) is 0 Å². The van der Waals surface area contributed by atoms with Crippen LogP contribution in [0.15, 0.2) is 24.3 Å². The third kappa shape index (κ3) is 4.32. The largest absolute Gasteiger partial charge is 0.368 e. The lowest BCUT2D eigenvalue weighted by molar-refractivity contribution is -0.140. The van der Waals surface area contributed by atoms with Crippen molar-refractivity contribution in [1.29, 1.82) is 0 Å². The maximum atomic E-state index is 12.7. The molecule has 0 saturated carbocycles. The minimum atomic E-state index is -0.776. The van der Waals surface area contributed by atoms with E-state index in [-0.39, 0.29) is 24.2 Å². The molecule has 3 rings (SSSR count). The van der Waals surface area contributed by atoms with E-state index in [4.69, 9.17) is 4.74 Å². The van der Waals surface area contributed by atoms with Gasteiger partial charge >= 0.3 is 0 Å². The smallest absolute Gasteiger partial charge is 0.256 e. The number of halogens is 1. The third-order valence-electron chi connectivity index (χ3n) is 4.95. The lowest BCUT2D eigenvalue weighted by Crippen LogP contribution is -2.51. The summed E-state index contributed by atoms with van der Waals surface area (Å²) in [4.78, 5) is 26.6. The van der Waals surface area contributed by atoms with Crippen molar-refractivity contribution in [2.24, 2.45) is 0 Å². The molecule has 2 fully saturated rings. The Morgan fingerprint density at radius 2 is 2.04 bits per heavy atom. The van der Waals surface area contributed by atoms with Gasteiger partial charge in [0.15, 0.2) is 0 Å². The van der Waals surface area contributed by atoms with E-state index >= 15 is 0 Å². The summed E-state index contributed by atoms with van der Waals surface area (Å²) < 4.78 is 5.56. The molecule has 1 aromatic rings. The van der Waals surface area contributed by atoms with E-state index in [1.54, 1.807) is 12.0 Å². The van der Waals surface area contributed by atoms with E-state index < -0.39 is 5.60 Å². The first-order chi connectivity index (χ1) is 11.6. The van der Waals surface area contributed by atoms with Gasteiger partial charge in [-0.15, -0.1) is 12.4 Å². The molecule has 1 aromatic carbocycles. The first kappa shape index (κ1) is 19.7. The van der Waals surface area contributed by atoms with Gasteiger partial charge in [0, 0.05) is 31.5 Å². The van der Waals surface area contributed by atoms with Crippen molar-refractivity contribution in [2.45, 2.75) is 37.7 Å². The van der Waals surface area contributed by atoms with Gasteiger partial charge < -0.3 is 20.3 Å². The van der Waals surface area contributed by atoms with E-state index in [1.807, 2.05) is 24.3 Å². The number of carbonyl (C=O) groups is 2. The Morgan fingerprint density at radius 3 is 2.72 bits per heavy atom. The molecule has 2 N–H and O–H groups in total. The summed E-state index contributed by atoms with van der Waals surface area (Å²) in [6.45, 7) is 2.27. The van der Waals surface area contributed by atoms with Crippen LogP contribution in [0.5, 0.6) is 0 Å². The molecule has 0 spiro atoms. The van der Waals surface area contributed by atoms with Crippen LogP contribution in [-0.2, 0) is 14.3 Å². The van der Waals surface area contributed by atoms with Crippen LogP contribution in [0, 0.1) is 0 Å². The normalized spacial score (nSPS) is 19.9. The van der Waals surface area contributed by atoms with Crippen LogP contribution in [0.4, 0.5) is 11.4 Å². The summed E-state index contributed by atoms with van der Waals surface area (Å²) >= 11 is 0. The Kier molecular flexibility index (Phi) is 6.81. The fourth-order valence-corrected chi connectivity index (χ4v) is 3.43. The predicted octanol–water partition coefficient (Wildman–Crippen LogP) is 2.33. The number of amides is 2. The molecule has 2 aliphatic rings. The van der Waals surface area contributed by atoms with E-state index in [0.717, 1.165) is 38.2 Å². The Morgan fingerprint density at radius 1 is 1.28 bits per heavy atom. The molecule has 0 aliphatic carbocycles. The number of carbonyl (C=O) groups excluding carboxylic acids is 2. The summed E-state index contributed by atoms with van der Waals surface area (Å²) in [5.41, 5.74) is 0.766. The number of ether oxygens (including phenoxy) is 1.